The number of carbonyl (C=O) groups excluding carboxylic acids is 1. The summed E-state index contributed by atoms with van der Waals surface area (Å²) in [7, 11) is -2.15. The van der Waals surface area contributed by atoms with Crippen LogP contribution in [0.25, 0.3) is 0 Å². The normalized spacial score (nSPS) is 16.1. The van der Waals surface area contributed by atoms with Crippen LogP contribution in [0.2, 0.25) is 0 Å². The van der Waals surface area contributed by atoms with Crippen LogP contribution in [0.15, 0.2) is 17.2 Å². The average molecular weight is 285 g/mol. The first-order valence-electron chi connectivity index (χ1n) is 6.35. The average Bonchev–Trinajstić information content (AvgIpc) is 2.63. The van der Waals surface area contributed by atoms with Crippen LogP contribution >= 0.6 is 0 Å². The fraction of sp³-hybridized carbons (Fsp3) is 0.583. The van der Waals surface area contributed by atoms with Gasteiger partial charge in [0.15, 0.2) is 0 Å². The van der Waals surface area contributed by atoms with E-state index in [-0.39, 0.29) is 10.8 Å². The first-order valence-corrected chi connectivity index (χ1v) is 7.90. The number of sulfonamides is 1. The van der Waals surface area contributed by atoms with Crippen molar-refractivity contribution in [3.8, 4) is 0 Å². The van der Waals surface area contributed by atoms with Crippen molar-refractivity contribution in [1.82, 2.24) is 9.88 Å². The maximum absolute atomic E-state index is 11.9. The largest absolute Gasteiger partial charge is 0.351 e. The Bertz CT molecular complexity index is 573. The third-order valence-corrected chi connectivity index (χ3v) is 4.48. The molecule has 1 saturated carbocycles. The molecule has 3 N–H and O–H groups in total. The summed E-state index contributed by atoms with van der Waals surface area (Å²) in [5, 5.41) is 7.84. The summed E-state index contributed by atoms with van der Waals surface area (Å²) in [6, 6.07) is 1.30. The number of nitrogens with zero attached hydrogens (tertiary/aromatic N) is 1. The van der Waals surface area contributed by atoms with Gasteiger partial charge in [0.1, 0.15) is 10.6 Å². The Balaban J connectivity index is 1.96. The lowest BCUT2D eigenvalue weighted by Crippen LogP contribution is -2.28. The van der Waals surface area contributed by atoms with Crippen LogP contribution < -0.4 is 10.5 Å². The number of nitrogens with one attached hydrogen (secondary N) is 1. The molecule has 0 atom stereocenters. The van der Waals surface area contributed by atoms with E-state index in [4.69, 9.17) is 5.14 Å². The van der Waals surface area contributed by atoms with Crippen LogP contribution in [-0.4, -0.2) is 25.4 Å². The highest BCUT2D eigenvalue weighted by Gasteiger charge is 2.19. The molecule has 0 aromatic carbocycles. The summed E-state index contributed by atoms with van der Waals surface area (Å²) in [5.74, 6) is 0.463. The second-order valence-corrected chi connectivity index (χ2v) is 6.62. The molecule has 106 valence electrons. The predicted octanol–water partition coefficient (Wildman–Crippen LogP) is 0.592. The van der Waals surface area contributed by atoms with E-state index in [0.29, 0.717) is 12.2 Å². The van der Waals surface area contributed by atoms with Crippen LogP contribution in [0.4, 0.5) is 0 Å². The minimum Gasteiger partial charge on any atom is -0.351 e. The van der Waals surface area contributed by atoms with E-state index < -0.39 is 10.0 Å². The Kier molecular flexibility index (Phi) is 3.96. The molecule has 1 heterocycles. The van der Waals surface area contributed by atoms with Gasteiger partial charge < -0.3 is 9.88 Å². The third kappa shape index (κ3) is 3.36. The number of aryl methyl sites for hydroxylation is 1. The molecule has 1 fully saturated rings. The van der Waals surface area contributed by atoms with Crippen LogP contribution in [0, 0.1) is 5.92 Å². The fourth-order valence-corrected chi connectivity index (χ4v) is 2.76. The van der Waals surface area contributed by atoms with E-state index in [1.165, 1.54) is 36.1 Å². The summed E-state index contributed by atoms with van der Waals surface area (Å²) >= 11 is 0. The van der Waals surface area contributed by atoms with E-state index >= 15 is 0 Å². The molecule has 0 radical (unpaired) electrons. The molecule has 1 aliphatic rings. The van der Waals surface area contributed by atoms with Gasteiger partial charge >= 0.3 is 0 Å². The number of aromatic nitrogens is 1. The second-order valence-electron chi connectivity index (χ2n) is 5.06. The standard InChI is InChI=1S/C12H19N3O3S/c1-15-8-10(19(13,17)18)7-11(15)12(16)14-6-5-9-3-2-4-9/h7-9H,2-6H2,1H3,(H,14,16)(H2,13,17,18). The molecule has 2 rings (SSSR count). The van der Waals surface area contributed by atoms with Crippen molar-refractivity contribution < 1.29 is 13.2 Å². The summed E-state index contributed by atoms with van der Waals surface area (Å²) in [5.41, 5.74) is 0.303. The zero-order valence-electron chi connectivity index (χ0n) is 10.9. The topological polar surface area (TPSA) is 94.2 Å². The molecule has 0 aliphatic heterocycles. The van der Waals surface area contributed by atoms with Gasteiger partial charge in [-0.05, 0) is 18.4 Å². The van der Waals surface area contributed by atoms with Crippen LogP contribution in [-0.2, 0) is 17.1 Å². The first-order chi connectivity index (χ1) is 8.88. The van der Waals surface area contributed by atoms with E-state index in [1.807, 2.05) is 0 Å². The van der Waals surface area contributed by atoms with E-state index in [2.05, 4.69) is 5.32 Å². The van der Waals surface area contributed by atoms with Gasteiger partial charge in [-0.2, -0.15) is 0 Å². The van der Waals surface area contributed by atoms with Gasteiger partial charge in [-0.25, -0.2) is 13.6 Å². The van der Waals surface area contributed by atoms with Crippen LogP contribution in [0.3, 0.4) is 0 Å². The van der Waals surface area contributed by atoms with Crippen molar-refractivity contribution in [3.63, 3.8) is 0 Å². The molecule has 0 saturated heterocycles. The summed E-state index contributed by atoms with van der Waals surface area (Å²) in [6.07, 6.45) is 6.10. The Labute approximate surface area is 113 Å². The highest BCUT2D eigenvalue weighted by atomic mass is 32.2. The Morgan fingerprint density at radius 1 is 1.53 bits per heavy atom. The lowest BCUT2D eigenvalue weighted by Gasteiger charge is -2.25. The SMILES string of the molecule is Cn1cc(S(N)(=O)=O)cc1C(=O)NCCC1CCC1. The Morgan fingerprint density at radius 2 is 2.21 bits per heavy atom. The molecule has 1 amide bonds. The number of carbonyl (C=O) groups is 1. The first kappa shape index (κ1) is 14.1. The van der Waals surface area contributed by atoms with Gasteiger partial charge in [0.25, 0.3) is 5.91 Å². The molecular formula is C12H19N3O3S. The molecule has 1 aromatic heterocycles. The number of primary sulfonamides is 1. The van der Waals surface area contributed by atoms with Crippen molar-refractivity contribution >= 4 is 15.9 Å². The molecular weight excluding hydrogens is 266 g/mol. The minimum atomic E-state index is -3.77. The molecule has 7 heteroatoms. The summed E-state index contributed by atoms with van der Waals surface area (Å²) in [4.78, 5) is 11.9. The maximum Gasteiger partial charge on any atom is 0.267 e. The number of hydrogen-bond donors (Lipinski definition) is 2. The van der Waals surface area contributed by atoms with Crippen molar-refractivity contribution in [1.29, 1.82) is 0 Å². The van der Waals surface area contributed by atoms with Gasteiger partial charge in [0, 0.05) is 19.8 Å². The highest BCUT2D eigenvalue weighted by Crippen LogP contribution is 2.28. The fourth-order valence-electron chi connectivity index (χ4n) is 2.18. The lowest BCUT2D eigenvalue weighted by molar-refractivity contribution is 0.0941. The zero-order valence-corrected chi connectivity index (χ0v) is 11.7. The van der Waals surface area contributed by atoms with Gasteiger partial charge in [0.2, 0.25) is 10.0 Å². The van der Waals surface area contributed by atoms with Gasteiger partial charge in [-0.15, -0.1) is 0 Å². The lowest BCUT2D eigenvalue weighted by atomic mass is 9.83. The predicted molar refractivity (Wildman–Crippen MR) is 71.1 cm³/mol. The number of hydrogen-bond acceptors (Lipinski definition) is 3. The number of rotatable bonds is 5. The van der Waals surface area contributed by atoms with E-state index in [0.717, 1.165) is 12.3 Å². The van der Waals surface area contributed by atoms with Crippen molar-refractivity contribution in [2.24, 2.45) is 18.1 Å². The van der Waals surface area contributed by atoms with Gasteiger partial charge in [-0.3, -0.25) is 4.79 Å². The van der Waals surface area contributed by atoms with Crippen LogP contribution in [0.1, 0.15) is 36.2 Å². The van der Waals surface area contributed by atoms with Gasteiger partial charge in [0.05, 0.1) is 0 Å². The van der Waals surface area contributed by atoms with Crippen molar-refractivity contribution in [3.05, 3.63) is 18.0 Å². The minimum absolute atomic E-state index is 0.0425. The Hall–Kier alpha value is -1.34. The smallest absolute Gasteiger partial charge is 0.267 e. The molecule has 1 aromatic rings. The quantitative estimate of drug-likeness (QED) is 0.829. The molecule has 19 heavy (non-hydrogen) atoms. The molecule has 0 unspecified atom stereocenters. The molecule has 1 aliphatic carbocycles. The van der Waals surface area contributed by atoms with E-state index in [1.54, 1.807) is 7.05 Å². The van der Waals surface area contributed by atoms with Gasteiger partial charge in [-0.1, -0.05) is 19.3 Å². The second kappa shape index (κ2) is 5.34. The summed E-state index contributed by atoms with van der Waals surface area (Å²) in [6.45, 7) is 0.624. The molecule has 0 bridgehead atoms. The van der Waals surface area contributed by atoms with Crippen molar-refractivity contribution in [2.45, 2.75) is 30.6 Å². The Morgan fingerprint density at radius 3 is 2.68 bits per heavy atom. The molecule has 6 nitrogen and oxygen atoms in total. The third-order valence-electron chi connectivity index (χ3n) is 3.60. The zero-order chi connectivity index (χ0) is 14.0. The van der Waals surface area contributed by atoms with Crippen LogP contribution in [0.5, 0.6) is 0 Å². The number of nitrogens with two attached hydrogens (primary N) is 1. The van der Waals surface area contributed by atoms with E-state index in [9.17, 15) is 13.2 Å². The molecule has 0 spiro atoms. The highest BCUT2D eigenvalue weighted by molar-refractivity contribution is 7.89. The maximum atomic E-state index is 11.9. The monoisotopic (exact) mass is 285 g/mol. The number of amides is 1. The van der Waals surface area contributed by atoms with Crippen molar-refractivity contribution in [2.75, 3.05) is 6.54 Å². The summed E-state index contributed by atoms with van der Waals surface area (Å²) < 4.78 is 23.9.